The molecule has 1 heterocycles. The number of benzene rings is 2. The number of halogens is 1. The number of aromatic nitrogens is 2. The lowest BCUT2D eigenvalue weighted by Gasteiger charge is -2.10. The quantitative estimate of drug-likeness (QED) is 0.805. The normalized spacial score (nSPS) is 11.5. The Morgan fingerprint density at radius 3 is 2.29 bits per heavy atom. The van der Waals surface area contributed by atoms with E-state index in [1.54, 1.807) is 36.4 Å². The van der Waals surface area contributed by atoms with Crippen LogP contribution in [-0.4, -0.2) is 18.4 Å². The molecule has 0 amide bonds. The second kappa shape index (κ2) is 5.31. The number of sulfonamides is 1. The Morgan fingerprint density at radius 2 is 1.57 bits per heavy atom. The maximum Gasteiger partial charge on any atom is 0.264 e. The molecule has 0 saturated carbocycles. The van der Waals surface area contributed by atoms with Crippen LogP contribution in [0.1, 0.15) is 0 Å². The van der Waals surface area contributed by atoms with Gasteiger partial charge < -0.3 is 0 Å². The van der Waals surface area contributed by atoms with Gasteiger partial charge in [0.2, 0.25) is 5.95 Å². The fraction of sp³-hybridized carbons (Fsp3) is 0. The largest absolute Gasteiger partial charge is 0.264 e. The number of hydrogen-bond acceptors (Lipinski definition) is 4. The van der Waals surface area contributed by atoms with E-state index in [9.17, 15) is 8.42 Å². The van der Waals surface area contributed by atoms with Crippen LogP contribution in [0.3, 0.4) is 0 Å². The van der Waals surface area contributed by atoms with Gasteiger partial charge in [-0.2, -0.15) is 0 Å². The first-order valence-corrected chi connectivity index (χ1v) is 7.91. The van der Waals surface area contributed by atoms with Gasteiger partial charge in [-0.15, -0.1) is 0 Å². The van der Waals surface area contributed by atoms with E-state index < -0.39 is 10.0 Å². The van der Waals surface area contributed by atoms with Crippen LogP contribution in [0.25, 0.3) is 10.8 Å². The summed E-state index contributed by atoms with van der Waals surface area (Å²) in [5.41, 5.74) is 0. The first-order chi connectivity index (χ1) is 10.1. The number of nitrogens with one attached hydrogen (secondary N) is 1. The van der Waals surface area contributed by atoms with Crippen LogP contribution >= 0.6 is 11.6 Å². The fourth-order valence-corrected chi connectivity index (χ4v) is 3.39. The molecule has 0 aliphatic rings. The predicted molar refractivity (Wildman–Crippen MR) is 81.8 cm³/mol. The van der Waals surface area contributed by atoms with E-state index in [2.05, 4.69) is 14.7 Å². The summed E-state index contributed by atoms with van der Waals surface area (Å²) in [4.78, 5) is 7.85. The molecule has 0 bridgehead atoms. The van der Waals surface area contributed by atoms with Crippen molar-refractivity contribution in [1.29, 1.82) is 0 Å². The number of nitrogens with zero attached hydrogens (tertiary/aromatic N) is 2. The molecule has 7 heteroatoms. The summed E-state index contributed by atoms with van der Waals surface area (Å²) >= 11 is 6.10. The van der Waals surface area contributed by atoms with Crippen molar-refractivity contribution in [2.24, 2.45) is 0 Å². The molecular weight excluding hydrogens is 310 g/mol. The summed E-state index contributed by atoms with van der Waals surface area (Å²) in [6.07, 6.45) is 2.93. The maximum atomic E-state index is 12.5. The molecule has 1 aromatic heterocycles. The van der Waals surface area contributed by atoms with Crippen LogP contribution in [0, 0.1) is 0 Å². The van der Waals surface area contributed by atoms with E-state index in [1.807, 2.05) is 0 Å². The van der Waals surface area contributed by atoms with Gasteiger partial charge in [0.15, 0.2) is 0 Å². The highest BCUT2D eigenvalue weighted by Gasteiger charge is 2.19. The Labute approximate surface area is 126 Å². The van der Waals surface area contributed by atoms with Crippen molar-refractivity contribution < 1.29 is 8.42 Å². The average Bonchev–Trinajstić information content (AvgIpc) is 2.48. The highest BCUT2D eigenvalue weighted by molar-refractivity contribution is 7.93. The Hall–Kier alpha value is -2.18. The Balaban J connectivity index is 2.14. The predicted octanol–water partition coefficient (Wildman–Crippen LogP) is 3.08. The number of hydrogen-bond donors (Lipinski definition) is 1. The minimum atomic E-state index is -3.79. The van der Waals surface area contributed by atoms with Crippen LogP contribution in [0.5, 0.6) is 0 Å². The molecule has 0 aliphatic carbocycles. The zero-order chi connectivity index (χ0) is 14.9. The van der Waals surface area contributed by atoms with Crippen molar-refractivity contribution >= 4 is 38.3 Å². The van der Waals surface area contributed by atoms with Crippen LogP contribution in [0.4, 0.5) is 5.95 Å². The van der Waals surface area contributed by atoms with Gasteiger partial charge in [0.05, 0.1) is 4.90 Å². The molecule has 0 radical (unpaired) electrons. The van der Waals surface area contributed by atoms with Gasteiger partial charge in [0.1, 0.15) is 0 Å². The van der Waals surface area contributed by atoms with Gasteiger partial charge in [0.25, 0.3) is 10.0 Å². The average molecular weight is 320 g/mol. The lowest BCUT2D eigenvalue weighted by molar-refractivity contribution is 0.601. The Bertz CT molecular complexity index is 898. The van der Waals surface area contributed by atoms with Crippen molar-refractivity contribution in [3.63, 3.8) is 0 Å². The molecular formula is C14H10ClN3O2S. The molecule has 5 nitrogen and oxygen atoms in total. The lowest BCUT2D eigenvalue weighted by Crippen LogP contribution is -2.15. The molecule has 0 saturated heterocycles. The topological polar surface area (TPSA) is 72.0 Å². The summed E-state index contributed by atoms with van der Waals surface area (Å²) in [7, 11) is -3.79. The molecule has 1 N–H and O–H groups in total. The zero-order valence-electron chi connectivity index (χ0n) is 10.7. The van der Waals surface area contributed by atoms with Gasteiger partial charge >= 0.3 is 0 Å². The van der Waals surface area contributed by atoms with Crippen LogP contribution in [-0.2, 0) is 10.0 Å². The summed E-state index contributed by atoms with van der Waals surface area (Å²) < 4.78 is 27.3. The highest BCUT2D eigenvalue weighted by atomic mass is 35.5. The first-order valence-electron chi connectivity index (χ1n) is 6.05. The van der Waals surface area contributed by atoms with Crippen LogP contribution in [0.2, 0.25) is 5.02 Å². The van der Waals surface area contributed by atoms with Gasteiger partial charge in [-0.25, -0.2) is 23.1 Å². The Kier molecular flexibility index (Phi) is 3.48. The van der Waals surface area contributed by atoms with E-state index in [0.717, 1.165) is 0 Å². The van der Waals surface area contributed by atoms with Crippen molar-refractivity contribution in [2.75, 3.05) is 4.72 Å². The Morgan fingerprint density at radius 1 is 0.905 bits per heavy atom. The van der Waals surface area contributed by atoms with E-state index >= 15 is 0 Å². The first kappa shape index (κ1) is 13.8. The summed E-state index contributed by atoms with van der Waals surface area (Å²) in [6.45, 7) is 0. The standard InChI is InChI=1S/C14H10ClN3O2S/c15-12-6-7-13(11-5-2-1-4-10(11)12)21(19,20)18-14-16-8-3-9-17-14/h1-9H,(H,16,17,18). The molecule has 0 atom stereocenters. The molecule has 21 heavy (non-hydrogen) atoms. The third-order valence-corrected chi connectivity index (χ3v) is 4.63. The molecule has 106 valence electrons. The zero-order valence-corrected chi connectivity index (χ0v) is 12.3. The van der Waals surface area contributed by atoms with Crippen molar-refractivity contribution in [1.82, 2.24) is 9.97 Å². The van der Waals surface area contributed by atoms with E-state index in [1.165, 1.54) is 18.5 Å². The molecule has 0 aliphatic heterocycles. The van der Waals surface area contributed by atoms with Gasteiger partial charge in [-0.1, -0.05) is 35.9 Å². The van der Waals surface area contributed by atoms with Crippen molar-refractivity contribution in [3.05, 3.63) is 59.9 Å². The monoisotopic (exact) mass is 319 g/mol. The van der Waals surface area contributed by atoms with Gasteiger partial charge in [-0.05, 0) is 18.2 Å². The van der Waals surface area contributed by atoms with E-state index in [0.29, 0.717) is 15.8 Å². The van der Waals surface area contributed by atoms with E-state index in [4.69, 9.17) is 11.6 Å². The van der Waals surface area contributed by atoms with Gasteiger partial charge in [0, 0.05) is 28.2 Å². The number of anilines is 1. The number of rotatable bonds is 3. The molecule has 0 fully saturated rings. The summed E-state index contributed by atoms with van der Waals surface area (Å²) in [6, 6.07) is 11.7. The summed E-state index contributed by atoms with van der Waals surface area (Å²) in [5, 5.41) is 1.73. The number of fused-ring (bicyclic) bond motifs is 1. The third-order valence-electron chi connectivity index (χ3n) is 2.91. The maximum absolute atomic E-state index is 12.5. The van der Waals surface area contributed by atoms with Crippen molar-refractivity contribution in [3.8, 4) is 0 Å². The van der Waals surface area contributed by atoms with Crippen molar-refractivity contribution in [2.45, 2.75) is 4.90 Å². The highest BCUT2D eigenvalue weighted by Crippen LogP contribution is 2.29. The van der Waals surface area contributed by atoms with Crippen LogP contribution in [0.15, 0.2) is 59.8 Å². The second-order valence-electron chi connectivity index (χ2n) is 4.27. The molecule has 3 aromatic rings. The minimum Gasteiger partial charge on any atom is -0.247 e. The third kappa shape index (κ3) is 2.68. The molecule has 3 rings (SSSR count). The minimum absolute atomic E-state index is 0.0246. The second-order valence-corrected chi connectivity index (χ2v) is 6.33. The summed E-state index contributed by atoms with van der Waals surface area (Å²) in [5.74, 6) is 0.0246. The molecule has 0 unspecified atom stereocenters. The SMILES string of the molecule is O=S(=O)(Nc1ncccn1)c1ccc(Cl)c2ccccc12. The van der Waals surface area contributed by atoms with E-state index in [-0.39, 0.29) is 10.8 Å². The fourth-order valence-electron chi connectivity index (χ4n) is 2.00. The lowest BCUT2D eigenvalue weighted by atomic mass is 10.1. The molecule has 2 aromatic carbocycles. The van der Waals surface area contributed by atoms with Crippen LogP contribution < -0.4 is 4.72 Å². The van der Waals surface area contributed by atoms with Gasteiger partial charge in [-0.3, -0.25) is 0 Å². The smallest absolute Gasteiger partial charge is 0.247 e. The molecule has 0 spiro atoms.